The van der Waals surface area contributed by atoms with Gasteiger partial charge in [0.15, 0.2) is 13.7 Å². The third kappa shape index (κ3) is 2.72. The van der Waals surface area contributed by atoms with Gasteiger partial charge in [-0.2, -0.15) is 0 Å². The molecule has 1 N–H and O–H groups in total. The van der Waals surface area contributed by atoms with Gasteiger partial charge in [-0.1, -0.05) is 0 Å². The summed E-state index contributed by atoms with van der Waals surface area (Å²) in [4.78, 5) is 20.9. The van der Waals surface area contributed by atoms with E-state index in [1.807, 2.05) is 0 Å². The van der Waals surface area contributed by atoms with Gasteiger partial charge in [-0.25, -0.2) is 4.79 Å². The molecule has 0 amide bonds. The molecule has 3 nitrogen and oxygen atoms in total. The molecule has 4 heteroatoms. The van der Waals surface area contributed by atoms with Crippen molar-refractivity contribution in [3.63, 3.8) is 0 Å². The van der Waals surface area contributed by atoms with Crippen LogP contribution in [0.1, 0.15) is 19.8 Å². The highest BCUT2D eigenvalue weighted by Crippen LogP contribution is 2.59. The Morgan fingerprint density at radius 1 is 1.50 bits per heavy atom. The zero-order valence-corrected chi connectivity index (χ0v) is 8.35. The normalized spacial score (nSPS) is 20.8. The van der Waals surface area contributed by atoms with Crippen LogP contribution in [0, 0.1) is 0 Å². The second kappa shape index (κ2) is 4.20. The van der Waals surface area contributed by atoms with Crippen LogP contribution in [0.3, 0.4) is 0 Å². The molecular weight excluding hydrogens is 175 g/mol. The van der Waals surface area contributed by atoms with Gasteiger partial charge in [0.2, 0.25) is 0 Å². The molecule has 0 radical (unpaired) electrons. The SMILES string of the molecule is CCOC(=O)C[P+]1(O)CCCC1. The van der Waals surface area contributed by atoms with Crippen LogP contribution in [0.5, 0.6) is 0 Å². The van der Waals surface area contributed by atoms with E-state index in [-0.39, 0.29) is 12.1 Å². The van der Waals surface area contributed by atoms with Gasteiger partial charge < -0.3 is 4.74 Å². The van der Waals surface area contributed by atoms with Crippen LogP contribution < -0.4 is 0 Å². The number of rotatable bonds is 3. The first-order valence-corrected chi connectivity index (χ1v) is 6.70. The molecule has 1 aliphatic heterocycles. The number of hydrogen-bond acceptors (Lipinski definition) is 3. The number of hydrogen-bond donors (Lipinski definition) is 1. The fraction of sp³-hybridized carbons (Fsp3) is 0.875. The van der Waals surface area contributed by atoms with Gasteiger partial charge in [0.05, 0.1) is 18.9 Å². The van der Waals surface area contributed by atoms with E-state index in [0.717, 1.165) is 25.2 Å². The van der Waals surface area contributed by atoms with Crippen molar-refractivity contribution in [1.29, 1.82) is 0 Å². The minimum absolute atomic E-state index is 0.227. The van der Waals surface area contributed by atoms with E-state index in [1.54, 1.807) is 6.92 Å². The van der Waals surface area contributed by atoms with E-state index in [9.17, 15) is 9.69 Å². The quantitative estimate of drug-likeness (QED) is 0.539. The van der Waals surface area contributed by atoms with Gasteiger partial charge in [-0.05, 0) is 19.8 Å². The van der Waals surface area contributed by atoms with Crippen LogP contribution in [0.4, 0.5) is 0 Å². The van der Waals surface area contributed by atoms with Gasteiger partial charge >= 0.3 is 5.97 Å². The first kappa shape index (κ1) is 9.94. The third-order valence-corrected chi connectivity index (χ3v) is 5.27. The summed E-state index contributed by atoms with van der Waals surface area (Å²) in [6.45, 7) is 2.20. The second-order valence-corrected chi connectivity index (χ2v) is 6.61. The van der Waals surface area contributed by atoms with Crippen molar-refractivity contribution in [3.05, 3.63) is 0 Å². The molecule has 0 bridgehead atoms. The average Bonchev–Trinajstić information content (AvgIpc) is 2.36. The summed E-state index contributed by atoms with van der Waals surface area (Å²) >= 11 is 0. The molecule has 0 saturated carbocycles. The molecule has 1 heterocycles. The summed E-state index contributed by atoms with van der Waals surface area (Å²) in [6.07, 6.45) is 4.13. The Morgan fingerprint density at radius 2 is 2.08 bits per heavy atom. The summed E-state index contributed by atoms with van der Waals surface area (Å²) in [5, 5.41) is 0. The number of ether oxygens (including phenoxy) is 1. The maximum Gasteiger partial charge on any atom is 0.346 e. The minimum atomic E-state index is -1.88. The first-order valence-electron chi connectivity index (χ1n) is 4.41. The average molecular weight is 191 g/mol. The van der Waals surface area contributed by atoms with E-state index >= 15 is 0 Å². The first-order chi connectivity index (χ1) is 5.66. The Kier molecular flexibility index (Phi) is 3.48. The molecule has 0 aromatic heterocycles. The van der Waals surface area contributed by atoms with Crippen molar-refractivity contribution in [3.8, 4) is 0 Å². The molecule has 70 valence electrons. The molecule has 12 heavy (non-hydrogen) atoms. The zero-order valence-electron chi connectivity index (χ0n) is 7.45. The Balaban J connectivity index is 2.33. The molecule has 1 aliphatic rings. The van der Waals surface area contributed by atoms with Gasteiger partial charge in [0.1, 0.15) is 0 Å². The topological polar surface area (TPSA) is 46.5 Å². The highest BCUT2D eigenvalue weighted by atomic mass is 31.2. The molecule has 1 rings (SSSR count). The summed E-state index contributed by atoms with van der Waals surface area (Å²) < 4.78 is 4.80. The molecule has 1 fully saturated rings. The van der Waals surface area contributed by atoms with Gasteiger partial charge in [0.25, 0.3) is 0 Å². The fourth-order valence-electron chi connectivity index (χ4n) is 1.53. The molecule has 0 unspecified atom stereocenters. The van der Waals surface area contributed by atoms with Crippen LogP contribution in [0.2, 0.25) is 0 Å². The minimum Gasteiger partial charge on any atom is -0.463 e. The van der Waals surface area contributed by atoms with Gasteiger partial charge in [-0.15, -0.1) is 0 Å². The van der Waals surface area contributed by atoms with E-state index in [2.05, 4.69) is 0 Å². The molecule has 0 spiro atoms. The monoisotopic (exact) mass is 191 g/mol. The maximum absolute atomic E-state index is 11.0. The van der Waals surface area contributed by atoms with E-state index in [4.69, 9.17) is 4.74 Å². The Labute approximate surface area is 73.5 Å². The zero-order chi connectivity index (χ0) is 9.03. The molecule has 0 atom stereocenters. The summed E-state index contributed by atoms with van der Waals surface area (Å²) in [5.74, 6) is -0.227. The predicted octanol–water partition coefficient (Wildman–Crippen LogP) is 1.27. The smallest absolute Gasteiger partial charge is 0.346 e. The van der Waals surface area contributed by atoms with Crippen LogP contribution in [0.15, 0.2) is 0 Å². The Bertz CT molecular complexity index is 164. The lowest BCUT2D eigenvalue weighted by atomic mass is 10.4. The van der Waals surface area contributed by atoms with Crippen molar-refractivity contribution < 1.29 is 14.4 Å². The lowest BCUT2D eigenvalue weighted by Crippen LogP contribution is -2.14. The fourth-order valence-corrected chi connectivity index (χ4v) is 4.27. The summed E-state index contributed by atoms with van der Waals surface area (Å²) in [6, 6.07) is 0. The maximum atomic E-state index is 11.0. The third-order valence-electron chi connectivity index (χ3n) is 2.13. The van der Waals surface area contributed by atoms with Crippen LogP contribution in [-0.4, -0.2) is 36.0 Å². The largest absolute Gasteiger partial charge is 0.463 e. The highest BCUT2D eigenvalue weighted by Gasteiger charge is 2.42. The van der Waals surface area contributed by atoms with Crippen molar-refractivity contribution in [1.82, 2.24) is 0 Å². The van der Waals surface area contributed by atoms with E-state index in [0.29, 0.717) is 6.61 Å². The van der Waals surface area contributed by atoms with E-state index in [1.165, 1.54) is 0 Å². The number of carbonyl (C=O) groups excluding carboxylic acids is 1. The van der Waals surface area contributed by atoms with E-state index < -0.39 is 7.49 Å². The Morgan fingerprint density at radius 3 is 2.58 bits per heavy atom. The predicted molar refractivity (Wildman–Crippen MR) is 49.6 cm³/mol. The number of esters is 1. The van der Waals surface area contributed by atoms with Crippen LogP contribution in [0.25, 0.3) is 0 Å². The molecule has 1 saturated heterocycles. The lowest BCUT2D eigenvalue weighted by molar-refractivity contribution is -0.140. The second-order valence-electron chi connectivity index (χ2n) is 3.21. The number of carbonyl (C=O) groups is 1. The van der Waals surface area contributed by atoms with Crippen molar-refractivity contribution >= 4 is 13.5 Å². The van der Waals surface area contributed by atoms with Crippen molar-refractivity contribution in [2.75, 3.05) is 25.1 Å². The van der Waals surface area contributed by atoms with Crippen LogP contribution in [-0.2, 0) is 9.53 Å². The van der Waals surface area contributed by atoms with Crippen LogP contribution >= 0.6 is 7.49 Å². The van der Waals surface area contributed by atoms with Gasteiger partial charge in [-0.3, -0.25) is 4.89 Å². The standard InChI is InChI=1S/C8H16O3P/c1-2-11-8(9)7-12(10)5-3-4-6-12/h10H,2-7H2,1H3/q+1. The Hall–Kier alpha value is -0.140. The molecule has 0 aliphatic carbocycles. The molecule has 0 aromatic rings. The summed E-state index contributed by atoms with van der Waals surface area (Å²) in [7, 11) is -1.88. The van der Waals surface area contributed by atoms with Gasteiger partial charge in [0, 0.05) is 0 Å². The van der Waals surface area contributed by atoms with Crippen molar-refractivity contribution in [2.24, 2.45) is 0 Å². The lowest BCUT2D eigenvalue weighted by Gasteiger charge is -2.11. The van der Waals surface area contributed by atoms with Crippen molar-refractivity contribution in [2.45, 2.75) is 19.8 Å². The summed E-state index contributed by atoms with van der Waals surface area (Å²) in [5.41, 5.74) is 0. The molecular formula is C8H16O3P+. The highest BCUT2D eigenvalue weighted by molar-refractivity contribution is 7.71. The molecule has 0 aromatic carbocycles.